The lowest BCUT2D eigenvalue weighted by molar-refractivity contribution is 0.0999. The Hall–Kier alpha value is -2.91. The Labute approximate surface area is 147 Å². The first kappa shape index (κ1) is 15.6. The molecule has 0 bridgehead atoms. The molecule has 124 valence electrons. The van der Waals surface area contributed by atoms with E-state index in [0.29, 0.717) is 13.2 Å². The van der Waals surface area contributed by atoms with Gasteiger partial charge in [-0.3, -0.25) is 0 Å². The number of rotatable bonds is 6. The van der Waals surface area contributed by atoms with Crippen LogP contribution in [0.1, 0.15) is 17.0 Å². The highest BCUT2D eigenvalue weighted by Gasteiger charge is 2.11. The number of benzene rings is 3. The summed E-state index contributed by atoms with van der Waals surface area (Å²) in [5, 5.41) is 0. The van der Waals surface area contributed by atoms with Gasteiger partial charge in [-0.05, 0) is 23.3 Å². The third-order valence-electron chi connectivity index (χ3n) is 4.26. The first-order chi connectivity index (χ1) is 12.4. The molecular weight excluding hydrogens is 308 g/mol. The Balaban J connectivity index is 1.58. The molecule has 0 amide bonds. The molecule has 1 heterocycles. The molecule has 0 aliphatic heterocycles. The predicted octanol–water partition coefficient (Wildman–Crippen LogP) is 4.80. The summed E-state index contributed by atoms with van der Waals surface area (Å²) in [5.74, 6) is 0.959. The molecule has 0 atom stereocenters. The van der Waals surface area contributed by atoms with E-state index in [4.69, 9.17) is 9.72 Å². The Kier molecular flexibility index (Phi) is 4.57. The van der Waals surface area contributed by atoms with Gasteiger partial charge >= 0.3 is 0 Å². The molecule has 4 rings (SSSR count). The predicted molar refractivity (Wildman–Crippen MR) is 100 cm³/mol. The Morgan fingerprint density at radius 1 is 0.680 bits per heavy atom. The normalized spacial score (nSPS) is 11.0. The molecule has 0 N–H and O–H groups in total. The van der Waals surface area contributed by atoms with E-state index in [1.807, 2.05) is 30.3 Å². The molecule has 4 aromatic rings. The lowest BCUT2D eigenvalue weighted by Crippen LogP contribution is -2.07. The van der Waals surface area contributed by atoms with Crippen LogP contribution in [0.25, 0.3) is 11.0 Å². The minimum atomic E-state index is 0.496. The van der Waals surface area contributed by atoms with Crippen molar-refractivity contribution in [2.24, 2.45) is 0 Å². The monoisotopic (exact) mass is 328 g/mol. The lowest BCUT2D eigenvalue weighted by Gasteiger charge is -2.10. The Bertz CT molecular complexity index is 946. The highest BCUT2D eigenvalue weighted by Crippen LogP contribution is 2.19. The molecule has 0 unspecified atom stereocenters. The molecule has 3 heteroatoms. The van der Waals surface area contributed by atoms with E-state index in [0.717, 1.165) is 23.4 Å². The number of imidazole rings is 1. The van der Waals surface area contributed by atoms with Gasteiger partial charge in [0.05, 0.1) is 17.6 Å². The number of ether oxygens (including phenoxy) is 1. The summed E-state index contributed by atoms with van der Waals surface area (Å²) in [6.45, 7) is 1.89. The fourth-order valence-electron chi connectivity index (χ4n) is 3.01. The van der Waals surface area contributed by atoms with Crippen molar-refractivity contribution in [3.8, 4) is 0 Å². The van der Waals surface area contributed by atoms with Crippen molar-refractivity contribution in [3.05, 3.63) is 102 Å². The quantitative estimate of drug-likeness (QED) is 0.508. The van der Waals surface area contributed by atoms with Crippen molar-refractivity contribution < 1.29 is 4.74 Å². The first-order valence-corrected chi connectivity index (χ1v) is 8.50. The van der Waals surface area contributed by atoms with Crippen LogP contribution in [0.3, 0.4) is 0 Å². The van der Waals surface area contributed by atoms with Crippen molar-refractivity contribution in [3.63, 3.8) is 0 Å². The highest BCUT2D eigenvalue weighted by atomic mass is 16.5. The number of nitrogens with zero attached hydrogens (tertiary/aromatic N) is 2. The summed E-state index contributed by atoms with van der Waals surface area (Å²) in [7, 11) is 0. The summed E-state index contributed by atoms with van der Waals surface area (Å²) in [4.78, 5) is 4.78. The summed E-state index contributed by atoms with van der Waals surface area (Å²) in [6.07, 6.45) is 0. The molecule has 25 heavy (non-hydrogen) atoms. The molecule has 3 aromatic carbocycles. The molecule has 0 saturated heterocycles. The van der Waals surface area contributed by atoms with Gasteiger partial charge in [0.2, 0.25) is 0 Å². The van der Waals surface area contributed by atoms with Crippen molar-refractivity contribution in [1.29, 1.82) is 0 Å². The molecule has 0 radical (unpaired) electrons. The van der Waals surface area contributed by atoms with Crippen LogP contribution in [-0.2, 0) is 24.5 Å². The Morgan fingerprint density at radius 3 is 2.08 bits per heavy atom. The number of hydrogen-bond donors (Lipinski definition) is 0. The molecule has 0 spiro atoms. The van der Waals surface area contributed by atoms with Crippen LogP contribution in [0.2, 0.25) is 0 Å². The van der Waals surface area contributed by atoms with Crippen molar-refractivity contribution >= 4 is 11.0 Å². The molecule has 0 fully saturated rings. The van der Waals surface area contributed by atoms with E-state index in [1.54, 1.807) is 0 Å². The molecule has 0 aliphatic rings. The molecule has 1 aromatic heterocycles. The first-order valence-electron chi connectivity index (χ1n) is 8.50. The SMILES string of the molecule is c1ccc(COCc2nc3ccccc3n2Cc2ccccc2)cc1. The maximum absolute atomic E-state index is 5.93. The standard InChI is InChI=1S/C22H20N2O/c1-3-9-18(10-4-1)15-24-21-14-8-7-13-20(21)23-22(24)17-25-16-19-11-5-2-6-12-19/h1-14H,15-17H2. The lowest BCUT2D eigenvalue weighted by atomic mass is 10.2. The van der Waals surface area contributed by atoms with E-state index in [-0.39, 0.29) is 0 Å². The van der Waals surface area contributed by atoms with E-state index < -0.39 is 0 Å². The average Bonchev–Trinajstić information content (AvgIpc) is 3.01. The van der Waals surface area contributed by atoms with Crippen LogP contribution in [0.5, 0.6) is 0 Å². The largest absolute Gasteiger partial charge is 0.369 e. The summed E-state index contributed by atoms with van der Waals surface area (Å²) in [5.41, 5.74) is 4.59. The van der Waals surface area contributed by atoms with Gasteiger partial charge in [0.15, 0.2) is 0 Å². The molecule has 0 aliphatic carbocycles. The zero-order valence-electron chi connectivity index (χ0n) is 14.0. The van der Waals surface area contributed by atoms with Gasteiger partial charge in [0, 0.05) is 6.54 Å². The minimum Gasteiger partial charge on any atom is -0.369 e. The third kappa shape index (κ3) is 3.62. The van der Waals surface area contributed by atoms with E-state index in [2.05, 4.69) is 59.2 Å². The highest BCUT2D eigenvalue weighted by molar-refractivity contribution is 5.76. The van der Waals surface area contributed by atoms with Gasteiger partial charge in [-0.25, -0.2) is 4.98 Å². The van der Waals surface area contributed by atoms with Gasteiger partial charge < -0.3 is 9.30 Å². The van der Waals surface area contributed by atoms with Crippen LogP contribution >= 0.6 is 0 Å². The topological polar surface area (TPSA) is 27.1 Å². The average molecular weight is 328 g/mol. The van der Waals surface area contributed by atoms with Gasteiger partial charge in [-0.1, -0.05) is 72.8 Å². The molecule has 0 saturated carbocycles. The van der Waals surface area contributed by atoms with E-state index >= 15 is 0 Å². The zero-order chi connectivity index (χ0) is 16.9. The second-order valence-corrected chi connectivity index (χ2v) is 6.07. The molecular formula is C22H20N2O. The third-order valence-corrected chi connectivity index (χ3v) is 4.26. The number of aromatic nitrogens is 2. The summed E-state index contributed by atoms with van der Waals surface area (Å²) >= 11 is 0. The second-order valence-electron chi connectivity index (χ2n) is 6.07. The zero-order valence-corrected chi connectivity index (χ0v) is 14.0. The van der Waals surface area contributed by atoms with Crippen molar-refractivity contribution in [1.82, 2.24) is 9.55 Å². The fraction of sp³-hybridized carbons (Fsp3) is 0.136. The minimum absolute atomic E-state index is 0.496. The Morgan fingerprint density at radius 2 is 1.32 bits per heavy atom. The smallest absolute Gasteiger partial charge is 0.136 e. The number of hydrogen-bond acceptors (Lipinski definition) is 2. The van der Waals surface area contributed by atoms with E-state index in [1.165, 1.54) is 11.1 Å². The van der Waals surface area contributed by atoms with Crippen LogP contribution < -0.4 is 0 Å². The van der Waals surface area contributed by atoms with E-state index in [9.17, 15) is 0 Å². The van der Waals surface area contributed by atoms with Gasteiger partial charge in [0.25, 0.3) is 0 Å². The van der Waals surface area contributed by atoms with Gasteiger partial charge in [-0.2, -0.15) is 0 Å². The maximum atomic E-state index is 5.93. The number of para-hydroxylation sites is 2. The summed E-state index contributed by atoms with van der Waals surface area (Å²) in [6, 6.07) is 28.9. The van der Waals surface area contributed by atoms with Crippen molar-refractivity contribution in [2.45, 2.75) is 19.8 Å². The van der Waals surface area contributed by atoms with Gasteiger partial charge in [0.1, 0.15) is 12.4 Å². The van der Waals surface area contributed by atoms with Crippen LogP contribution in [0, 0.1) is 0 Å². The van der Waals surface area contributed by atoms with Crippen LogP contribution in [-0.4, -0.2) is 9.55 Å². The van der Waals surface area contributed by atoms with Crippen LogP contribution in [0.4, 0.5) is 0 Å². The second kappa shape index (κ2) is 7.32. The van der Waals surface area contributed by atoms with Gasteiger partial charge in [-0.15, -0.1) is 0 Å². The fourth-order valence-corrected chi connectivity index (χ4v) is 3.01. The van der Waals surface area contributed by atoms with Crippen molar-refractivity contribution in [2.75, 3.05) is 0 Å². The summed E-state index contributed by atoms with van der Waals surface area (Å²) < 4.78 is 8.18. The van der Waals surface area contributed by atoms with Crippen LogP contribution in [0.15, 0.2) is 84.9 Å². The maximum Gasteiger partial charge on any atom is 0.136 e. The molecule has 3 nitrogen and oxygen atoms in total. The number of fused-ring (bicyclic) bond motifs is 1.